The first-order valence-corrected chi connectivity index (χ1v) is 11.1. The van der Waals surface area contributed by atoms with Crippen LogP contribution in [0.4, 0.5) is 5.69 Å². The summed E-state index contributed by atoms with van der Waals surface area (Å²) >= 11 is 6.19. The van der Waals surface area contributed by atoms with E-state index in [0.29, 0.717) is 35.9 Å². The first-order chi connectivity index (χ1) is 14.9. The lowest BCUT2D eigenvalue weighted by Crippen LogP contribution is -2.56. The third-order valence-electron chi connectivity index (χ3n) is 6.07. The Kier molecular flexibility index (Phi) is 6.28. The van der Waals surface area contributed by atoms with Crippen LogP contribution in [0, 0.1) is 6.92 Å². The number of amides is 3. The van der Waals surface area contributed by atoms with Crippen LogP contribution < -0.4 is 5.32 Å². The lowest BCUT2D eigenvalue weighted by molar-refractivity contribution is -0.158. The smallest absolute Gasteiger partial charge is 0.312 e. The van der Waals surface area contributed by atoms with Crippen molar-refractivity contribution in [1.82, 2.24) is 9.80 Å². The van der Waals surface area contributed by atoms with E-state index in [1.807, 2.05) is 25.1 Å². The molecule has 2 aliphatic rings. The zero-order valence-electron chi connectivity index (χ0n) is 17.6. The normalized spacial score (nSPS) is 17.4. The van der Waals surface area contributed by atoms with Gasteiger partial charge in [-0.3, -0.25) is 14.4 Å². The van der Waals surface area contributed by atoms with Gasteiger partial charge in [-0.25, -0.2) is 0 Å². The Morgan fingerprint density at radius 2 is 1.74 bits per heavy atom. The van der Waals surface area contributed by atoms with Gasteiger partial charge in [0.1, 0.15) is 0 Å². The van der Waals surface area contributed by atoms with Crippen LogP contribution in [-0.4, -0.2) is 46.7 Å². The van der Waals surface area contributed by atoms with Gasteiger partial charge in [-0.2, -0.15) is 0 Å². The molecule has 1 saturated carbocycles. The molecule has 3 amide bonds. The Bertz CT molecular complexity index is 1000. The van der Waals surface area contributed by atoms with Crippen molar-refractivity contribution in [2.45, 2.75) is 45.2 Å². The predicted octanol–water partition coefficient (Wildman–Crippen LogP) is 4.01. The first kappa shape index (κ1) is 21.4. The number of carbonyl (C=O) groups excluding carboxylic acids is 3. The van der Waals surface area contributed by atoms with Crippen molar-refractivity contribution >= 4 is 35.0 Å². The largest absolute Gasteiger partial charge is 0.330 e. The van der Waals surface area contributed by atoms with Gasteiger partial charge >= 0.3 is 11.8 Å². The summed E-state index contributed by atoms with van der Waals surface area (Å²) in [4.78, 5) is 41.0. The molecule has 7 heteroatoms. The zero-order valence-corrected chi connectivity index (χ0v) is 18.3. The Hall–Kier alpha value is -2.86. The summed E-state index contributed by atoms with van der Waals surface area (Å²) in [6.45, 7) is 3.42. The molecule has 1 saturated heterocycles. The minimum atomic E-state index is -0.436. The molecule has 0 spiro atoms. The van der Waals surface area contributed by atoms with Crippen molar-refractivity contribution in [3.8, 4) is 0 Å². The van der Waals surface area contributed by atoms with Crippen LogP contribution in [-0.2, 0) is 16.1 Å². The highest BCUT2D eigenvalue weighted by atomic mass is 35.5. The lowest BCUT2D eigenvalue weighted by Gasteiger charge is -2.37. The number of aryl methyl sites for hydroxylation is 1. The van der Waals surface area contributed by atoms with E-state index in [0.717, 1.165) is 36.8 Å². The number of hydrogen-bond acceptors (Lipinski definition) is 3. The quantitative estimate of drug-likeness (QED) is 0.715. The van der Waals surface area contributed by atoms with E-state index in [4.69, 9.17) is 11.6 Å². The van der Waals surface area contributed by atoms with Crippen LogP contribution in [0.15, 0.2) is 42.5 Å². The van der Waals surface area contributed by atoms with Gasteiger partial charge in [0.15, 0.2) is 0 Å². The summed E-state index contributed by atoms with van der Waals surface area (Å²) in [7, 11) is 0. The molecule has 0 unspecified atom stereocenters. The van der Waals surface area contributed by atoms with E-state index in [-0.39, 0.29) is 17.9 Å². The number of anilines is 1. The Balaban J connectivity index is 1.36. The van der Waals surface area contributed by atoms with Crippen molar-refractivity contribution in [2.24, 2.45) is 0 Å². The molecule has 2 aromatic rings. The second-order valence-electron chi connectivity index (χ2n) is 8.30. The maximum absolute atomic E-state index is 12.6. The molecular weight excluding hydrogens is 414 g/mol. The maximum Gasteiger partial charge on any atom is 0.312 e. The number of benzene rings is 2. The molecule has 2 fully saturated rings. The fourth-order valence-corrected chi connectivity index (χ4v) is 4.59. The van der Waals surface area contributed by atoms with E-state index in [1.54, 1.807) is 34.1 Å². The van der Waals surface area contributed by atoms with Crippen LogP contribution in [0.2, 0.25) is 5.02 Å². The van der Waals surface area contributed by atoms with Gasteiger partial charge < -0.3 is 15.1 Å². The van der Waals surface area contributed by atoms with Gasteiger partial charge in [-0.15, -0.1) is 0 Å². The number of rotatable bonds is 5. The number of hydrogen-bond donors (Lipinski definition) is 1. The van der Waals surface area contributed by atoms with Gasteiger partial charge in [0.05, 0.1) is 10.7 Å². The molecule has 0 aromatic heterocycles. The molecule has 0 bridgehead atoms. The second kappa shape index (κ2) is 9.10. The molecule has 162 valence electrons. The fraction of sp³-hybridized carbons (Fsp3) is 0.375. The van der Waals surface area contributed by atoms with Crippen molar-refractivity contribution in [2.75, 3.05) is 18.4 Å². The number of piperazine rings is 1. The van der Waals surface area contributed by atoms with Gasteiger partial charge in [-0.1, -0.05) is 42.6 Å². The highest BCUT2D eigenvalue weighted by Gasteiger charge is 2.37. The molecule has 6 nitrogen and oxygen atoms in total. The standard InChI is InChI=1S/C24H26ClN3O3/c1-16-6-11-21(20(25)14-16)26-22(29)18-9-7-17(8-10-18)15-27-12-13-28(24(31)23(27)30)19-4-2-3-5-19/h6-11,14,19H,2-5,12-13,15H2,1H3,(H,26,29). The summed E-state index contributed by atoms with van der Waals surface area (Å²) in [5.41, 5.74) is 2.95. The third-order valence-corrected chi connectivity index (χ3v) is 6.38. The maximum atomic E-state index is 12.6. The van der Waals surface area contributed by atoms with E-state index in [9.17, 15) is 14.4 Å². The molecule has 1 N–H and O–H groups in total. The third kappa shape index (κ3) is 4.74. The number of nitrogens with zero attached hydrogens (tertiary/aromatic N) is 2. The van der Waals surface area contributed by atoms with Crippen LogP contribution >= 0.6 is 11.6 Å². The van der Waals surface area contributed by atoms with Gasteiger partial charge in [0.2, 0.25) is 0 Å². The zero-order chi connectivity index (χ0) is 22.0. The second-order valence-corrected chi connectivity index (χ2v) is 8.71. The van der Waals surface area contributed by atoms with Crippen LogP contribution in [0.3, 0.4) is 0 Å². The Morgan fingerprint density at radius 1 is 1.03 bits per heavy atom. The summed E-state index contributed by atoms with van der Waals surface area (Å²) in [5, 5.41) is 3.30. The van der Waals surface area contributed by atoms with Crippen molar-refractivity contribution in [3.63, 3.8) is 0 Å². The SMILES string of the molecule is Cc1ccc(NC(=O)c2ccc(CN3CCN(C4CCCC4)C(=O)C3=O)cc2)c(Cl)c1. The van der Waals surface area contributed by atoms with E-state index >= 15 is 0 Å². The Morgan fingerprint density at radius 3 is 2.42 bits per heavy atom. The highest BCUT2D eigenvalue weighted by Crippen LogP contribution is 2.26. The van der Waals surface area contributed by atoms with Crippen molar-refractivity contribution in [3.05, 3.63) is 64.2 Å². The molecule has 31 heavy (non-hydrogen) atoms. The summed E-state index contributed by atoms with van der Waals surface area (Å²) < 4.78 is 0. The van der Waals surface area contributed by atoms with Crippen molar-refractivity contribution < 1.29 is 14.4 Å². The minimum Gasteiger partial charge on any atom is -0.330 e. The van der Waals surface area contributed by atoms with Gasteiger partial charge in [0.25, 0.3) is 5.91 Å². The number of nitrogens with one attached hydrogen (secondary N) is 1. The predicted molar refractivity (Wildman–Crippen MR) is 120 cm³/mol. The summed E-state index contributed by atoms with van der Waals surface area (Å²) in [5.74, 6) is -1.08. The van der Waals surface area contributed by atoms with Gasteiger partial charge in [-0.05, 0) is 55.2 Å². The van der Waals surface area contributed by atoms with Crippen LogP contribution in [0.5, 0.6) is 0 Å². The van der Waals surface area contributed by atoms with Crippen LogP contribution in [0.25, 0.3) is 0 Å². The van der Waals surface area contributed by atoms with E-state index in [2.05, 4.69) is 5.32 Å². The average Bonchev–Trinajstić information content (AvgIpc) is 3.28. The minimum absolute atomic E-state index is 0.221. The molecule has 1 aliphatic heterocycles. The fourth-order valence-electron chi connectivity index (χ4n) is 4.30. The monoisotopic (exact) mass is 439 g/mol. The number of carbonyl (C=O) groups is 3. The summed E-state index contributed by atoms with van der Waals surface area (Å²) in [6, 6.07) is 12.7. The molecule has 1 aliphatic carbocycles. The first-order valence-electron chi connectivity index (χ1n) is 10.7. The van der Waals surface area contributed by atoms with Crippen LogP contribution in [0.1, 0.15) is 47.2 Å². The molecule has 2 aromatic carbocycles. The van der Waals surface area contributed by atoms with E-state index in [1.165, 1.54) is 0 Å². The molecule has 1 heterocycles. The average molecular weight is 440 g/mol. The molecule has 0 radical (unpaired) electrons. The molecule has 4 rings (SSSR count). The summed E-state index contributed by atoms with van der Waals surface area (Å²) in [6.07, 6.45) is 4.25. The molecular formula is C24H26ClN3O3. The topological polar surface area (TPSA) is 69.7 Å². The van der Waals surface area contributed by atoms with E-state index < -0.39 is 5.91 Å². The van der Waals surface area contributed by atoms with Gasteiger partial charge in [0, 0.05) is 31.2 Å². The van der Waals surface area contributed by atoms with Crippen molar-refractivity contribution in [1.29, 1.82) is 0 Å². The molecule has 0 atom stereocenters. The number of halogens is 1. The highest BCUT2D eigenvalue weighted by molar-refractivity contribution is 6.35. The Labute approximate surface area is 187 Å². The lowest BCUT2D eigenvalue weighted by atomic mass is 10.1.